The summed E-state index contributed by atoms with van der Waals surface area (Å²) in [5.74, 6) is 0. The zero-order valence-electron chi connectivity index (χ0n) is 10.8. The minimum absolute atomic E-state index is 0.238. The fraction of sp³-hybridized carbons (Fsp3) is 0.571. The minimum Gasteiger partial charge on any atom is -0.303 e. The van der Waals surface area contributed by atoms with Crippen LogP contribution in [0.3, 0.4) is 0 Å². The van der Waals surface area contributed by atoms with Crippen LogP contribution in [0, 0.1) is 0 Å². The average molecular weight is 205 g/mol. The normalized spacial score (nSPS) is 14.3. The first-order chi connectivity index (χ1) is 6.82. The van der Waals surface area contributed by atoms with Crippen molar-refractivity contribution in [3.63, 3.8) is 0 Å². The largest absolute Gasteiger partial charge is 0.303 e. The molecule has 0 saturated carbocycles. The molecule has 0 saturated heterocycles. The molecule has 0 aliphatic rings. The topological polar surface area (TPSA) is 3.24 Å². The molecule has 1 atom stereocenters. The van der Waals surface area contributed by atoms with Crippen molar-refractivity contribution in [1.29, 1.82) is 0 Å². The van der Waals surface area contributed by atoms with Gasteiger partial charge in [0.25, 0.3) is 0 Å². The van der Waals surface area contributed by atoms with Crippen molar-refractivity contribution in [3.05, 3.63) is 35.4 Å². The average Bonchev–Trinajstić information content (AvgIpc) is 2.15. The third-order valence-corrected chi connectivity index (χ3v) is 3.01. The molecule has 0 radical (unpaired) electrons. The van der Waals surface area contributed by atoms with E-state index in [9.17, 15) is 0 Å². The van der Waals surface area contributed by atoms with Crippen LogP contribution in [0.15, 0.2) is 24.3 Å². The Morgan fingerprint density at radius 2 is 1.73 bits per heavy atom. The molecule has 0 N–H and O–H groups in total. The fourth-order valence-electron chi connectivity index (χ4n) is 1.56. The molecule has 0 fully saturated rings. The molecule has 0 aliphatic carbocycles. The molecule has 84 valence electrons. The number of rotatable bonds is 2. The Labute approximate surface area is 94.1 Å². The van der Waals surface area contributed by atoms with Crippen molar-refractivity contribution in [2.24, 2.45) is 0 Å². The monoisotopic (exact) mass is 205 g/mol. The van der Waals surface area contributed by atoms with E-state index in [0.29, 0.717) is 6.04 Å². The second-order valence-corrected chi connectivity index (χ2v) is 5.52. The summed E-state index contributed by atoms with van der Waals surface area (Å²) >= 11 is 0. The lowest BCUT2D eigenvalue weighted by Crippen LogP contribution is -2.18. The Hall–Kier alpha value is -0.820. The molecule has 1 aromatic rings. The van der Waals surface area contributed by atoms with Gasteiger partial charge in [-0.1, -0.05) is 45.0 Å². The Balaban J connectivity index is 3.03. The molecule has 0 bridgehead atoms. The first-order valence-electron chi connectivity index (χ1n) is 5.59. The summed E-state index contributed by atoms with van der Waals surface area (Å²) in [6.07, 6.45) is 0. The van der Waals surface area contributed by atoms with E-state index >= 15 is 0 Å². The quantitative estimate of drug-likeness (QED) is 0.713. The van der Waals surface area contributed by atoms with Crippen molar-refractivity contribution in [3.8, 4) is 0 Å². The van der Waals surface area contributed by atoms with E-state index in [1.807, 2.05) is 0 Å². The van der Waals surface area contributed by atoms with Gasteiger partial charge in [0.05, 0.1) is 0 Å². The first kappa shape index (κ1) is 12.3. The zero-order chi connectivity index (χ0) is 11.6. The smallest absolute Gasteiger partial charge is 0.0313 e. The van der Waals surface area contributed by atoms with Gasteiger partial charge in [0.2, 0.25) is 0 Å². The molecule has 15 heavy (non-hydrogen) atoms. The Kier molecular flexibility index (Phi) is 3.56. The molecule has 0 spiro atoms. The number of hydrogen-bond donors (Lipinski definition) is 0. The van der Waals surface area contributed by atoms with Crippen LogP contribution < -0.4 is 0 Å². The summed E-state index contributed by atoms with van der Waals surface area (Å²) in [6.45, 7) is 9.01. The standard InChI is InChI=1S/C14H23N/c1-11(15(5)6)12-8-7-9-13(10-12)14(2,3)4/h7-11H,1-6H3. The third-order valence-electron chi connectivity index (χ3n) is 3.01. The molecule has 0 aromatic heterocycles. The van der Waals surface area contributed by atoms with Gasteiger partial charge in [0.15, 0.2) is 0 Å². The molecule has 1 heteroatoms. The summed E-state index contributed by atoms with van der Waals surface area (Å²) in [7, 11) is 4.24. The number of hydrogen-bond acceptors (Lipinski definition) is 1. The van der Waals surface area contributed by atoms with Crippen LogP contribution in [0.5, 0.6) is 0 Å². The molecule has 0 amide bonds. The molecular weight excluding hydrogens is 182 g/mol. The van der Waals surface area contributed by atoms with Gasteiger partial charge in [-0.3, -0.25) is 0 Å². The maximum absolute atomic E-state index is 2.32. The molecule has 1 nitrogen and oxygen atoms in total. The summed E-state index contributed by atoms with van der Waals surface area (Å²) < 4.78 is 0. The van der Waals surface area contributed by atoms with Gasteiger partial charge in [0.1, 0.15) is 0 Å². The number of nitrogens with zero attached hydrogens (tertiary/aromatic N) is 1. The van der Waals surface area contributed by atoms with Gasteiger partial charge in [-0.2, -0.15) is 0 Å². The highest BCUT2D eigenvalue weighted by molar-refractivity contribution is 5.30. The van der Waals surface area contributed by atoms with E-state index in [1.165, 1.54) is 11.1 Å². The Bertz CT molecular complexity index is 320. The Morgan fingerprint density at radius 3 is 2.20 bits per heavy atom. The SMILES string of the molecule is CC(c1cccc(C(C)(C)C)c1)N(C)C. The highest BCUT2D eigenvalue weighted by Gasteiger charge is 2.15. The van der Waals surface area contributed by atoms with Crippen molar-refractivity contribution < 1.29 is 0 Å². The molecule has 0 aliphatic heterocycles. The molecule has 1 unspecified atom stereocenters. The van der Waals surface area contributed by atoms with E-state index in [4.69, 9.17) is 0 Å². The number of benzene rings is 1. The zero-order valence-corrected chi connectivity index (χ0v) is 10.8. The van der Waals surface area contributed by atoms with E-state index in [2.05, 4.69) is 71.0 Å². The lowest BCUT2D eigenvalue weighted by Gasteiger charge is -2.24. The maximum Gasteiger partial charge on any atom is 0.0313 e. The second kappa shape index (κ2) is 4.36. The van der Waals surface area contributed by atoms with Gasteiger partial charge < -0.3 is 4.90 Å². The van der Waals surface area contributed by atoms with Crippen LogP contribution in [0.2, 0.25) is 0 Å². The summed E-state index contributed by atoms with van der Waals surface area (Å²) in [4.78, 5) is 2.24. The van der Waals surface area contributed by atoms with Crippen LogP contribution >= 0.6 is 0 Å². The first-order valence-corrected chi connectivity index (χ1v) is 5.59. The molecule has 0 heterocycles. The predicted molar refractivity (Wildman–Crippen MR) is 67.2 cm³/mol. The van der Waals surface area contributed by atoms with Gasteiger partial charge in [0, 0.05) is 6.04 Å². The summed E-state index contributed by atoms with van der Waals surface area (Å²) in [5.41, 5.74) is 3.04. The third kappa shape index (κ3) is 3.07. The highest BCUT2D eigenvalue weighted by Crippen LogP contribution is 2.26. The summed E-state index contributed by atoms with van der Waals surface area (Å²) in [6, 6.07) is 9.39. The van der Waals surface area contributed by atoms with Gasteiger partial charge in [-0.05, 0) is 37.6 Å². The predicted octanol–water partition coefficient (Wildman–Crippen LogP) is 3.61. The summed E-state index contributed by atoms with van der Waals surface area (Å²) in [5, 5.41) is 0. The highest BCUT2D eigenvalue weighted by atomic mass is 15.1. The van der Waals surface area contributed by atoms with Gasteiger partial charge in [-0.15, -0.1) is 0 Å². The molecule has 1 aromatic carbocycles. The van der Waals surface area contributed by atoms with Gasteiger partial charge >= 0.3 is 0 Å². The van der Waals surface area contributed by atoms with Crippen LogP contribution in [-0.2, 0) is 5.41 Å². The van der Waals surface area contributed by atoms with Crippen molar-refractivity contribution in [2.75, 3.05) is 14.1 Å². The van der Waals surface area contributed by atoms with Crippen molar-refractivity contribution in [1.82, 2.24) is 4.90 Å². The van der Waals surface area contributed by atoms with Crippen molar-refractivity contribution in [2.45, 2.75) is 39.2 Å². The van der Waals surface area contributed by atoms with E-state index < -0.39 is 0 Å². The van der Waals surface area contributed by atoms with Gasteiger partial charge in [-0.25, -0.2) is 0 Å². The van der Waals surface area contributed by atoms with Crippen molar-refractivity contribution >= 4 is 0 Å². The molecular formula is C14H23N. The fourth-order valence-corrected chi connectivity index (χ4v) is 1.56. The minimum atomic E-state index is 0.238. The Morgan fingerprint density at radius 1 is 1.13 bits per heavy atom. The molecule has 1 rings (SSSR count). The lowest BCUT2D eigenvalue weighted by molar-refractivity contribution is 0.320. The lowest BCUT2D eigenvalue weighted by atomic mass is 9.85. The van der Waals surface area contributed by atoms with E-state index in [1.54, 1.807) is 0 Å². The van der Waals surface area contributed by atoms with Crippen LogP contribution in [0.25, 0.3) is 0 Å². The van der Waals surface area contributed by atoms with E-state index in [0.717, 1.165) is 0 Å². The second-order valence-electron chi connectivity index (χ2n) is 5.52. The van der Waals surface area contributed by atoms with E-state index in [-0.39, 0.29) is 5.41 Å². The van der Waals surface area contributed by atoms with Crippen LogP contribution in [-0.4, -0.2) is 19.0 Å². The maximum atomic E-state index is 2.32. The van der Waals surface area contributed by atoms with Crippen LogP contribution in [0.1, 0.15) is 44.9 Å². The van der Waals surface area contributed by atoms with Crippen LogP contribution in [0.4, 0.5) is 0 Å².